The lowest BCUT2D eigenvalue weighted by atomic mass is 9.74. The number of hydrogen-bond acceptors (Lipinski definition) is 7. The molecule has 1 saturated heterocycles. The minimum atomic E-state index is -5.08. The largest absolute Gasteiger partial charge is 0.490 e. The zero-order valence-corrected chi connectivity index (χ0v) is 34.1. The van der Waals surface area contributed by atoms with E-state index < -0.39 is 28.3 Å². The molecule has 3 aromatic carbocycles. The highest BCUT2D eigenvalue weighted by Crippen LogP contribution is 2.41. The molecule has 11 nitrogen and oxygen atoms in total. The molecule has 1 heterocycles. The molecule has 0 radical (unpaired) electrons. The molecule has 15 heteroatoms. The molecule has 3 unspecified atom stereocenters. The van der Waals surface area contributed by atoms with Gasteiger partial charge >= 0.3 is 12.1 Å². The van der Waals surface area contributed by atoms with Gasteiger partial charge in [-0.3, -0.25) is 19.2 Å². The number of carbonyl (C=O) groups is 5. The molecular weight excluding hydrogens is 772 g/mol. The van der Waals surface area contributed by atoms with Crippen LogP contribution in [-0.2, 0) is 36.8 Å². The number of piperidine rings is 1. The summed E-state index contributed by atoms with van der Waals surface area (Å²) in [4.78, 5) is 66.2. The van der Waals surface area contributed by atoms with Gasteiger partial charge < -0.3 is 31.7 Å². The second kappa shape index (κ2) is 21.4. The molecule has 1 saturated carbocycles. The first-order valence-electron chi connectivity index (χ1n) is 19.9. The molecule has 6 N–H and O–H groups in total. The fourth-order valence-corrected chi connectivity index (χ4v) is 8.83. The van der Waals surface area contributed by atoms with Crippen LogP contribution < -0.4 is 21.7 Å². The minimum absolute atomic E-state index is 0.00915. The van der Waals surface area contributed by atoms with E-state index in [9.17, 15) is 32.3 Å². The Balaban J connectivity index is 0.000000973. The summed E-state index contributed by atoms with van der Waals surface area (Å²) in [6, 6.07) is 23.3. The van der Waals surface area contributed by atoms with Gasteiger partial charge in [0.05, 0.1) is 10.2 Å². The first-order valence-corrected chi connectivity index (χ1v) is 21.1. The summed E-state index contributed by atoms with van der Waals surface area (Å²) >= 11 is 1.50. The van der Waals surface area contributed by atoms with Gasteiger partial charge in [0.1, 0.15) is 6.04 Å². The number of aliphatic carboxylic acids is 1. The van der Waals surface area contributed by atoms with Crippen LogP contribution in [-0.4, -0.2) is 95.0 Å². The van der Waals surface area contributed by atoms with Crippen molar-refractivity contribution in [3.8, 4) is 0 Å². The van der Waals surface area contributed by atoms with Crippen molar-refractivity contribution in [1.82, 2.24) is 20.9 Å². The summed E-state index contributed by atoms with van der Waals surface area (Å²) in [6.45, 7) is 3.85. The van der Waals surface area contributed by atoms with E-state index in [0.29, 0.717) is 71.0 Å². The quantitative estimate of drug-likeness (QED) is 0.113. The summed E-state index contributed by atoms with van der Waals surface area (Å²) in [5.41, 5.74) is 6.83. The number of alkyl halides is 3. The Hall–Kier alpha value is -4.63. The molecule has 1 aliphatic carbocycles. The standard InChI is InChI=1S/C41H55N5O4S.C2HF3O2/c1-3-43-38(49)40(27-30-13-6-4-7-14-30)21-12-24-46(29-40)37(48)35(26-31-18-19-32-15-9-10-16-33(32)25-31)45-39(50)41(51-2)22-20-34(28-41)44-36(47)17-8-5-11-23-42;3-2(4,5)1(6)7/h4,6-7,9-10,13-16,18-19,25,34-35H,3,5,8,11-12,17,20-24,26-29,42H2,1-2H3,(H,43,49)(H,44,47)(H,45,50);(H,6,7)/t34?,35?,40-,41?;/m0./s1. The fourth-order valence-electron chi connectivity index (χ4n) is 7.90. The number of carbonyl (C=O) groups excluding carboxylic acids is 4. The average Bonchev–Trinajstić information content (AvgIpc) is 3.63. The lowest BCUT2D eigenvalue weighted by Gasteiger charge is -2.43. The monoisotopic (exact) mass is 827 g/mol. The van der Waals surface area contributed by atoms with Crippen LogP contribution in [0.25, 0.3) is 10.8 Å². The third-order valence-electron chi connectivity index (χ3n) is 10.9. The van der Waals surface area contributed by atoms with E-state index in [1.807, 2.05) is 66.6 Å². The summed E-state index contributed by atoms with van der Waals surface area (Å²) in [5.74, 6) is -3.14. The molecule has 4 amide bonds. The smallest absolute Gasteiger partial charge is 0.475 e. The molecule has 2 fully saturated rings. The Morgan fingerprint density at radius 2 is 1.62 bits per heavy atom. The van der Waals surface area contributed by atoms with Crippen LogP contribution in [0, 0.1) is 5.41 Å². The van der Waals surface area contributed by atoms with Crippen LogP contribution in [0.1, 0.15) is 75.8 Å². The summed E-state index contributed by atoms with van der Waals surface area (Å²) < 4.78 is 31.0. The molecule has 0 aromatic heterocycles. The van der Waals surface area contributed by atoms with Gasteiger partial charge in [-0.25, -0.2) is 4.79 Å². The molecule has 1 aliphatic heterocycles. The molecule has 3 aromatic rings. The first kappa shape index (κ1) is 46.1. The van der Waals surface area contributed by atoms with Gasteiger partial charge in [-0.1, -0.05) is 79.2 Å². The first-order chi connectivity index (χ1) is 27.6. The second-order valence-corrected chi connectivity index (χ2v) is 16.4. The van der Waals surface area contributed by atoms with E-state index >= 15 is 0 Å². The number of thioether (sulfide) groups is 1. The maximum absolute atomic E-state index is 14.7. The number of benzene rings is 3. The predicted octanol–water partition coefficient (Wildman–Crippen LogP) is 5.78. The van der Waals surface area contributed by atoms with Crippen LogP contribution in [0.4, 0.5) is 13.2 Å². The van der Waals surface area contributed by atoms with Crippen molar-refractivity contribution in [3.05, 3.63) is 83.9 Å². The van der Waals surface area contributed by atoms with Crippen LogP contribution >= 0.6 is 11.8 Å². The number of likely N-dealkylation sites (tertiary alicyclic amines) is 1. The van der Waals surface area contributed by atoms with Gasteiger partial charge in [-0.2, -0.15) is 13.2 Å². The van der Waals surface area contributed by atoms with Crippen LogP contribution in [0.2, 0.25) is 0 Å². The minimum Gasteiger partial charge on any atom is -0.475 e. The molecule has 5 rings (SSSR count). The highest BCUT2D eigenvalue weighted by Gasteiger charge is 2.48. The SMILES string of the molecule is CCNC(=O)[C@]1(Cc2ccccc2)CCCN(C(=O)C(Cc2ccc3ccccc3c2)NC(=O)C2(SC)CCC(NC(=O)CCCCCN)C2)C1.O=C(O)C(F)(F)F. The number of carboxylic acids is 1. The molecule has 0 spiro atoms. The number of carboxylic acid groups (broad SMARTS) is 1. The molecule has 316 valence electrons. The number of nitrogens with zero attached hydrogens (tertiary/aromatic N) is 1. The van der Waals surface area contributed by atoms with Crippen molar-refractivity contribution in [2.75, 3.05) is 32.4 Å². The van der Waals surface area contributed by atoms with Crippen molar-refractivity contribution in [3.63, 3.8) is 0 Å². The summed E-state index contributed by atoms with van der Waals surface area (Å²) in [6.07, 6.45) is 3.97. The van der Waals surface area contributed by atoms with Gasteiger partial charge in [0.15, 0.2) is 0 Å². The summed E-state index contributed by atoms with van der Waals surface area (Å²) in [5, 5.41) is 18.7. The van der Waals surface area contributed by atoms with E-state index in [4.69, 9.17) is 15.6 Å². The van der Waals surface area contributed by atoms with Gasteiger partial charge in [0, 0.05) is 38.5 Å². The normalized spacial score (nSPS) is 21.0. The number of nitrogens with two attached hydrogens (primary N) is 1. The number of fused-ring (bicyclic) bond motifs is 1. The van der Waals surface area contributed by atoms with E-state index in [2.05, 4.69) is 40.2 Å². The van der Waals surface area contributed by atoms with Crippen molar-refractivity contribution >= 4 is 52.1 Å². The topological polar surface area (TPSA) is 171 Å². The number of rotatable bonds is 16. The van der Waals surface area contributed by atoms with Crippen molar-refractivity contribution < 1.29 is 42.3 Å². The van der Waals surface area contributed by atoms with E-state index in [1.165, 1.54) is 11.8 Å². The van der Waals surface area contributed by atoms with E-state index in [0.717, 1.165) is 41.2 Å². The Morgan fingerprint density at radius 3 is 2.28 bits per heavy atom. The van der Waals surface area contributed by atoms with Crippen LogP contribution in [0.5, 0.6) is 0 Å². The Kier molecular flexibility index (Phi) is 17.0. The molecule has 2 aliphatic rings. The maximum atomic E-state index is 14.7. The molecule has 4 atom stereocenters. The van der Waals surface area contributed by atoms with E-state index in [-0.39, 0.29) is 36.2 Å². The highest BCUT2D eigenvalue weighted by atomic mass is 32.2. The second-order valence-electron chi connectivity index (χ2n) is 15.2. The number of hydrogen-bond donors (Lipinski definition) is 5. The number of unbranched alkanes of at least 4 members (excludes halogenated alkanes) is 2. The lowest BCUT2D eigenvalue weighted by molar-refractivity contribution is -0.192. The highest BCUT2D eigenvalue weighted by molar-refractivity contribution is 8.00. The Bertz CT molecular complexity index is 1870. The van der Waals surface area contributed by atoms with Crippen LogP contribution in [0.15, 0.2) is 72.8 Å². The Morgan fingerprint density at radius 1 is 0.931 bits per heavy atom. The molecule has 58 heavy (non-hydrogen) atoms. The molecule has 0 bridgehead atoms. The average molecular weight is 828 g/mol. The van der Waals surface area contributed by atoms with Gasteiger partial charge in [-0.05, 0) is 93.0 Å². The number of amides is 4. The Labute approximate surface area is 342 Å². The zero-order valence-electron chi connectivity index (χ0n) is 33.2. The zero-order chi connectivity index (χ0) is 42.3. The van der Waals surface area contributed by atoms with Gasteiger partial charge in [0.25, 0.3) is 0 Å². The van der Waals surface area contributed by atoms with Gasteiger partial charge in [-0.15, -0.1) is 11.8 Å². The van der Waals surface area contributed by atoms with E-state index in [1.54, 1.807) is 0 Å². The number of nitrogens with one attached hydrogen (secondary N) is 3. The van der Waals surface area contributed by atoms with Crippen LogP contribution in [0.3, 0.4) is 0 Å². The molecular formula is C43H56F3N5O6S. The lowest BCUT2D eigenvalue weighted by Crippen LogP contribution is -2.59. The third-order valence-corrected chi connectivity index (χ3v) is 12.3. The third kappa shape index (κ3) is 12.7. The maximum Gasteiger partial charge on any atom is 0.490 e. The van der Waals surface area contributed by atoms with Crippen molar-refractivity contribution in [2.24, 2.45) is 11.1 Å². The van der Waals surface area contributed by atoms with Crippen molar-refractivity contribution in [2.45, 2.75) is 101 Å². The fraction of sp³-hybridized carbons (Fsp3) is 0.512. The predicted molar refractivity (Wildman–Crippen MR) is 220 cm³/mol. The number of halogens is 3. The van der Waals surface area contributed by atoms with Gasteiger partial charge in [0.2, 0.25) is 23.6 Å². The van der Waals surface area contributed by atoms with Crippen molar-refractivity contribution in [1.29, 1.82) is 0 Å². The summed E-state index contributed by atoms with van der Waals surface area (Å²) in [7, 11) is 0.